The van der Waals surface area contributed by atoms with Crippen LogP contribution in [0.3, 0.4) is 0 Å². The van der Waals surface area contributed by atoms with Crippen LogP contribution in [0.5, 0.6) is 0 Å². The van der Waals surface area contributed by atoms with Crippen molar-refractivity contribution in [2.75, 3.05) is 6.66 Å². The predicted octanol–water partition coefficient (Wildman–Crippen LogP) is 10.1. The van der Waals surface area contributed by atoms with Crippen molar-refractivity contribution >= 4 is 7.92 Å². The maximum atomic E-state index is 2.60. The molecule has 36 heavy (non-hydrogen) atoms. The van der Waals surface area contributed by atoms with E-state index < -0.39 is 0 Å². The van der Waals surface area contributed by atoms with Crippen molar-refractivity contribution in [3.8, 4) is 0 Å². The zero-order valence-corrected chi connectivity index (χ0v) is 23.4. The largest absolute Gasteiger partial charge is 0.101 e. The van der Waals surface area contributed by atoms with Crippen LogP contribution in [-0.2, 0) is 0 Å². The van der Waals surface area contributed by atoms with Gasteiger partial charge in [-0.2, -0.15) is 0 Å². The molecule has 4 atom stereocenters. The van der Waals surface area contributed by atoms with E-state index in [4.69, 9.17) is 0 Å². The molecule has 0 bridgehead atoms. The van der Waals surface area contributed by atoms with Crippen LogP contribution in [0.4, 0.5) is 0 Å². The summed E-state index contributed by atoms with van der Waals surface area (Å²) < 4.78 is 0. The first-order valence-electron chi connectivity index (χ1n) is 13.4. The van der Waals surface area contributed by atoms with Crippen LogP contribution in [0.1, 0.15) is 73.6 Å². The highest BCUT2D eigenvalue weighted by molar-refractivity contribution is 7.58. The van der Waals surface area contributed by atoms with Crippen LogP contribution in [0, 0.1) is 0 Å². The lowest BCUT2D eigenvalue weighted by molar-refractivity contribution is 0.562. The Bertz CT molecular complexity index is 970. The molecule has 0 aliphatic heterocycles. The summed E-state index contributed by atoms with van der Waals surface area (Å²) in [6.07, 6.45) is 0. The standard InChI is InChI=1S/C35H41P/c1-26(30-18-10-6-11-19-30)34(27(2)31-20-12-7-13-21-31)36(5)35(28(3)32-22-14-8-15-23-32)29(4)33-24-16-9-17-25-33/h6-29,34-35H,1-5H3/t26-,27-,28-,29-/m1/s1. The zero-order chi connectivity index (χ0) is 25.5. The first kappa shape index (κ1) is 26.4. The van der Waals surface area contributed by atoms with Gasteiger partial charge in [-0.25, -0.2) is 0 Å². The second-order valence-electron chi connectivity index (χ2n) is 10.4. The van der Waals surface area contributed by atoms with Crippen molar-refractivity contribution in [2.24, 2.45) is 0 Å². The molecule has 186 valence electrons. The molecule has 0 fully saturated rings. The van der Waals surface area contributed by atoms with E-state index in [0.29, 0.717) is 35.0 Å². The smallest absolute Gasteiger partial charge is 0.00764 e. The van der Waals surface area contributed by atoms with E-state index in [1.807, 2.05) is 0 Å². The van der Waals surface area contributed by atoms with Crippen LogP contribution in [0.2, 0.25) is 0 Å². The lowest BCUT2D eigenvalue weighted by Gasteiger charge is -2.44. The Kier molecular flexibility index (Phi) is 9.17. The Hall–Kier alpha value is -2.69. The third-order valence-electron chi connectivity index (χ3n) is 8.29. The minimum absolute atomic E-state index is 0.360. The van der Waals surface area contributed by atoms with Gasteiger partial charge in [-0.3, -0.25) is 0 Å². The number of benzene rings is 4. The van der Waals surface area contributed by atoms with Gasteiger partial charge in [0, 0.05) is 0 Å². The summed E-state index contributed by atoms with van der Waals surface area (Å²) >= 11 is 0. The van der Waals surface area contributed by atoms with Gasteiger partial charge in [-0.1, -0.05) is 149 Å². The van der Waals surface area contributed by atoms with E-state index in [-0.39, 0.29) is 7.92 Å². The molecule has 4 aromatic rings. The quantitative estimate of drug-likeness (QED) is 0.193. The Labute approximate surface area is 220 Å². The minimum atomic E-state index is -0.360. The van der Waals surface area contributed by atoms with Gasteiger partial charge >= 0.3 is 0 Å². The molecule has 0 aliphatic carbocycles. The number of hydrogen-bond donors (Lipinski definition) is 0. The highest BCUT2D eigenvalue weighted by Gasteiger charge is 2.39. The molecule has 0 radical (unpaired) electrons. The van der Waals surface area contributed by atoms with Crippen molar-refractivity contribution in [1.82, 2.24) is 0 Å². The van der Waals surface area contributed by atoms with Crippen molar-refractivity contribution in [1.29, 1.82) is 0 Å². The SMILES string of the molecule is C[C@H](c1ccccc1)C([C@H](C)c1ccccc1)P(C)C([C@H](C)c1ccccc1)[C@H](C)c1ccccc1. The number of rotatable bonds is 10. The predicted molar refractivity (Wildman–Crippen MR) is 160 cm³/mol. The van der Waals surface area contributed by atoms with Gasteiger partial charge in [0.05, 0.1) is 0 Å². The molecule has 0 aromatic heterocycles. The van der Waals surface area contributed by atoms with Gasteiger partial charge < -0.3 is 0 Å². The fraction of sp³-hybridized carbons (Fsp3) is 0.314. The van der Waals surface area contributed by atoms with Gasteiger partial charge in [0.1, 0.15) is 0 Å². The van der Waals surface area contributed by atoms with E-state index in [1.165, 1.54) is 22.3 Å². The highest BCUT2D eigenvalue weighted by Crippen LogP contribution is 2.60. The molecule has 0 saturated carbocycles. The summed E-state index contributed by atoms with van der Waals surface area (Å²) in [7, 11) is -0.360. The van der Waals surface area contributed by atoms with Crippen molar-refractivity contribution in [3.63, 3.8) is 0 Å². The first-order chi connectivity index (χ1) is 17.5. The normalized spacial score (nSPS) is 15.1. The van der Waals surface area contributed by atoms with Crippen LogP contribution >= 0.6 is 7.92 Å². The molecule has 4 aromatic carbocycles. The average molecular weight is 493 g/mol. The second kappa shape index (κ2) is 12.5. The summed E-state index contributed by atoms with van der Waals surface area (Å²) in [5.41, 5.74) is 6.95. The Morgan fingerprint density at radius 2 is 0.556 bits per heavy atom. The molecule has 4 rings (SSSR count). The zero-order valence-electron chi connectivity index (χ0n) is 22.5. The Morgan fingerprint density at radius 3 is 0.750 bits per heavy atom. The van der Waals surface area contributed by atoms with Gasteiger partial charge in [0.25, 0.3) is 0 Å². The average Bonchev–Trinajstić information content (AvgIpc) is 2.95. The van der Waals surface area contributed by atoms with Crippen molar-refractivity contribution in [2.45, 2.75) is 62.7 Å². The summed E-state index contributed by atoms with van der Waals surface area (Å²) in [4.78, 5) is 0. The molecule has 0 amide bonds. The lowest BCUT2D eigenvalue weighted by atomic mass is 9.86. The molecule has 0 aliphatic rings. The molecular formula is C35H41P. The molecule has 1 heteroatoms. The molecule has 0 unspecified atom stereocenters. The van der Waals surface area contributed by atoms with Crippen LogP contribution < -0.4 is 0 Å². The van der Waals surface area contributed by atoms with Crippen molar-refractivity contribution < 1.29 is 0 Å². The highest BCUT2D eigenvalue weighted by atomic mass is 31.1. The van der Waals surface area contributed by atoms with Gasteiger partial charge in [-0.05, 0) is 63.9 Å². The van der Waals surface area contributed by atoms with Gasteiger partial charge in [0.2, 0.25) is 0 Å². The lowest BCUT2D eigenvalue weighted by Crippen LogP contribution is -2.31. The topological polar surface area (TPSA) is 0 Å². The monoisotopic (exact) mass is 492 g/mol. The molecular weight excluding hydrogens is 451 g/mol. The summed E-state index contributed by atoms with van der Waals surface area (Å²) in [5, 5.41) is 0. The third-order valence-corrected chi connectivity index (χ3v) is 12.0. The van der Waals surface area contributed by atoms with Gasteiger partial charge in [-0.15, -0.1) is 7.92 Å². The maximum absolute atomic E-state index is 2.60. The molecule has 0 nitrogen and oxygen atoms in total. The van der Waals surface area contributed by atoms with Crippen LogP contribution in [0.25, 0.3) is 0 Å². The Morgan fingerprint density at radius 1 is 0.361 bits per heavy atom. The number of hydrogen-bond acceptors (Lipinski definition) is 0. The van der Waals surface area contributed by atoms with Crippen LogP contribution in [-0.4, -0.2) is 18.0 Å². The van der Waals surface area contributed by atoms with E-state index >= 15 is 0 Å². The fourth-order valence-corrected chi connectivity index (χ4v) is 10.2. The molecule has 0 saturated heterocycles. The minimum Gasteiger partial charge on any atom is -0.101 e. The maximum Gasteiger partial charge on any atom is -0.00764 e. The molecule has 0 N–H and O–H groups in total. The third kappa shape index (κ3) is 5.99. The van der Waals surface area contributed by atoms with E-state index in [2.05, 4.69) is 156 Å². The molecule has 0 spiro atoms. The summed E-state index contributed by atoms with van der Waals surface area (Å²) in [6.45, 7) is 12.5. The molecule has 0 heterocycles. The van der Waals surface area contributed by atoms with E-state index in [1.54, 1.807) is 0 Å². The van der Waals surface area contributed by atoms with E-state index in [0.717, 1.165) is 0 Å². The second-order valence-corrected chi connectivity index (χ2v) is 13.0. The van der Waals surface area contributed by atoms with Crippen LogP contribution in [0.15, 0.2) is 121 Å². The van der Waals surface area contributed by atoms with Gasteiger partial charge in [0.15, 0.2) is 0 Å². The van der Waals surface area contributed by atoms with Crippen molar-refractivity contribution in [3.05, 3.63) is 144 Å². The first-order valence-corrected chi connectivity index (χ1v) is 15.3. The van der Waals surface area contributed by atoms with E-state index in [9.17, 15) is 0 Å². The summed E-state index contributed by atoms with van der Waals surface area (Å²) in [6, 6.07) is 44.8. The Balaban J connectivity index is 1.80. The summed E-state index contributed by atoms with van der Waals surface area (Å²) in [5.74, 6) is 1.91. The fourth-order valence-electron chi connectivity index (χ4n) is 6.29.